The standard InChI is InChI=1S/C14H18O3/c1-5-9(2)10(3)11-6-7-13(15)12(8-11)14(16)17-4/h6-8,15H,5H2,1-4H3/b10-9+. The number of phenolic OH excluding ortho intramolecular Hbond substituents is 1. The number of carbonyl (C=O) groups excluding carboxylic acids is 1. The maximum absolute atomic E-state index is 11.5. The van der Waals surface area contributed by atoms with Crippen LogP contribution in [0.25, 0.3) is 5.57 Å². The summed E-state index contributed by atoms with van der Waals surface area (Å²) in [6, 6.07) is 4.99. The molecule has 0 saturated carbocycles. The minimum Gasteiger partial charge on any atom is -0.507 e. The summed E-state index contributed by atoms with van der Waals surface area (Å²) in [6.45, 7) is 6.15. The van der Waals surface area contributed by atoms with Gasteiger partial charge in [0.25, 0.3) is 0 Å². The first-order valence-corrected chi connectivity index (χ1v) is 5.59. The minimum atomic E-state index is -0.522. The molecule has 0 aliphatic rings. The molecule has 0 fully saturated rings. The zero-order valence-corrected chi connectivity index (χ0v) is 10.7. The summed E-state index contributed by atoms with van der Waals surface area (Å²) >= 11 is 0. The molecule has 1 rings (SSSR count). The van der Waals surface area contributed by atoms with Crippen molar-refractivity contribution in [3.8, 4) is 5.75 Å². The van der Waals surface area contributed by atoms with E-state index < -0.39 is 5.97 Å². The van der Waals surface area contributed by atoms with Crippen molar-refractivity contribution in [3.05, 3.63) is 34.9 Å². The second-order valence-electron chi connectivity index (χ2n) is 3.98. The summed E-state index contributed by atoms with van der Waals surface area (Å²) in [4.78, 5) is 11.5. The Morgan fingerprint density at radius 2 is 2.00 bits per heavy atom. The quantitative estimate of drug-likeness (QED) is 0.815. The van der Waals surface area contributed by atoms with Crippen molar-refractivity contribution >= 4 is 11.5 Å². The summed E-state index contributed by atoms with van der Waals surface area (Å²) in [7, 11) is 1.30. The fourth-order valence-electron chi connectivity index (χ4n) is 1.55. The van der Waals surface area contributed by atoms with Gasteiger partial charge in [-0.05, 0) is 43.5 Å². The van der Waals surface area contributed by atoms with E-state index in [0.717, 1.165) is 17.6 Å². The van der Waals surface area contributed by atoms with Gasteiger partial charge in [0.05, 0.1) is 7.11 Å². The monoisotopic (exact) mass is 234 g/mol. The molecule has 17 heavy (non-hydrogen) atoms. The molecule has 0 aromatic heterocycles. The summed E-state index contributed by atoms with van der Waals surface area (Å²) < 4.78 is 4.62. The van der Waals surface area contributed by atoms with Crippen LogP contribution in [-0.4, -0.2) is 18.2 Å². The first-order chi connectivity index (χ1) is 8.01. The van der Waals surface area contributed by atoms with Crippen molar-refractivity contribution in [2.45, 2.75) is 27.2 Å². The number of aromatic hydroxyl groups is 1. The van der Waals surface area contributed by atoms with Crippen LogP contribution in [0.1, 0.15) is 43.1 Å². The highest BCUT2D eigenvalue weighted by Crippen LogP contribution is 2.26. The predicted octanol–water partition coefficient (Wildman–Crippen LogP) is 3.38. The Kier molecular flexibility index (Phi) is 4.32. The van der Waals surface area contributed by atoms with Crippen molar-refractivity contribution < 1.29 is 14.6 Å². The van der Waals surface area contributed by atoms with Gasteiger partial charge in [-0.1, -0.05) is 18.6 Å². The Labute approximate surface area is 102 Å². The van der Waals surface area contributed by atoms with Crippen molar-refractivity contribution in [2.24, 2.45) is 0 Å². The number of ether oxygens (including phenoxy) is 1. The van der Waals surface area contributed by atoms with Crippen molar-refractivity contribution in [2.75, 3.05) is 7.11 Å². The number of rotatable bonds is 3. The van der Waals surface area contributed by atoms with Gasteiger partial charge < -0.3 is 9.84 Å². The van der Waals surface area contributed by atoms with E-state index in [9.17, 15) is 9.90 Å². The molecule has 3 heteroatoms. The molecular weight excluding hydrogens is 216 g/mol. The second-order valence-corrected chi connectivity index (χ2v) is 3.98. The van der Waals surface area contributed by atoms with Crippen LogP contribution in [0.2, 0.25) is 0 Å². The largest absolute Gasteiger partial charge is 0.507 e. The van der Waals surface area contributed by atoms with Crippen LogP contribution in [0.3, 0.4) is 0 Å². The lowest BCUT2D eigenvalue weighted by Crippen LogP contribution is -2.02. The Hall–Kier alpha value is -1.77. The van der Waals surface area contributed by atoms with E-state index in [2.05, 4.69) is 18.6 Å². The van der Waals surface area contributed by atoms with Gasteiger partial charge in [0.1, 0.15) is 11.3 Å². The van der Waals surface area contributed by atoms with Gasteiger partial charge in [0.15, 0.2) is 0 Å². The summed E-state index contributed by atoms with van der Waals surface area (Å²) in [5.74, 6) is -0.575. The SMILES string of the molecule is CC/C(C)=C(\C)c1ccc(O)c(C(=O)OC)c1. The fraction of sp³-hybridized carbons (Fsp3) is 0.357. The topological polar surface area (TPSA) is 46.5 Å². The lowest BCUT2D eigenvalue weighted by Gasteiger charge is -2.09. The van der Waals surface area contributed by atoms with Crippen molar-refractivity contribution in [3.63, 3.8) is 0 Å². The fourth-order valence-corrected chi connectivity index (χ4v) is 1.55. The minimum absolute atomic E-state index is 0.0532. The smallest absolute Gasteiger partial charge is 0.341 e. The molecule has 3 nitrogen and oxygen atoms in total. The molecule has 0 saturated heterocycles. The second kappa shape index (κ2) is 5.53. The van der Waals surface area contributed by atoms with E-state index in [0.29, 0.717) is 0 Å². The predicted molar refractivity (Wildman–Crippen MR) is 68.0 cm³/mol. The third-order valence-corrected chi connectivity index (χ3v) is 3.01. The third-order valence-electron chi connectivity index (χ3n) is 3.01. The van der Waals surface area contributed by atoms with Crippen LogP contribution < -0.4 is 0 Å². The molecule has 0 unspecified atom stereocenters. The lowest BCUT2D eigenvalue weighted by atomic mass is 9.98. The van der Waals surface area contributed by atoms with Gasteiger partial charge in [-0.25, -0.2) is 4.79 Å². The zero-order chi connectivity index (χ0) is 13.0. The first kappa shape index (κ1) is 13.3. The summed E-state index contributed by atoms with van der Waals surface area (Å²) in [6.07, 6.45) is 0.959. The number of phenols is 1. The Bertz CT molecular complexity index is 459. The van der Waals surface area contributed by atoms with Crippen LogP contribution in [-0.2, 0) is 4.74 Å². The van der Waals surface area contributed by atoms with Crippen LogP contribution in [0.15, 0.2) is 23.8 Å². The molecule has 0 atom stereocenters. The molecule has 1 aromatic rings. The van der Waals surface area contributed by atoms with Gasteiger partial charge in [-0.3, -0.25) is 0 Å². The van der Waals surface area contributed by atoms with E-state index in [4.69, 9.17) is 0 Å². The molecule has 1 aromatic carbocycles. The van der Waals surface area contributed by atoms with E-state index in [1.807, 2.05) is 6.92 Å². The number of carbonyl (C=O) groups is 1. The van der Waals surface area contributed by atoms with E-state index in [1.165, 1.54) is 18.7 Å². The molecule has 0 aliphatic heterocycles. The number of hydrogen-bond donors (Lipinski definition) is 1. The molecule has 0 bridgehead atoms. The van der Waals surface area contributed by atoms with Gasteiger partial charge in [-0.2, -0.15) is 0 Å². The number of methoxy groups -OCH3 is 1. The molecule has 0 radical (unpaired) electrons. The van der Waals surface area contributed by atoms with Crippen molar-refractivity contribution in [1.82, 2.24) is 0 Å². The third kappa shape index (κ3) is 2.87. The van der Waals surface area contributed by atoms with E-state index in [1.54, 1.807) is 12.1 Å². The molecule has 0 heterocycles. The highest BCUT2D eigenvalue weighted by atomic mass is 16.5. The molecule has 92 valence electrons. The van der Waals surface area contributed by atoms with Gasteiger partial charge >= 0.3 is 5.97 Å². The zero-order valence-electron chi connectivity index (χ0n) is 10.7. The number of esters is 1. The van der Waals surface area contributed by atoms with Gasteiger partial charge in [-0.15, -0.1) is 0 Å². The highest BCUT2D eigenvalue weighted by Gasteiger charge is 2.13. The normalized spacial score (nSPS) is 12.0. The van der Waals surface area contributed by atoms with Crippen LogP contribution in [0.4, 0.5) is 0 Å². The van der Waals surface area contributed by atoms with Crippen LogP contribution in [0.5, 0.6) is 5.75 Å². The maximum Gasteiger partial charge on any atom is 0.341 e. The average Bonchev–Trinajstić information content (AvgIpc) is 2.36. The maximum atomic E-state index is 11.5. The van der Waals surface area contributed by atoms with Gasteiger partial charge in [0, 0.05) is 0 Å². The molecule has 0 aliphatic carbocycles. The number of allylic oxidation sites excluding steroid dienone is 2. The molecule has 1 N–H and O–H groups in total. The molecule has 0 amide bonds. The average molecular weight is 234 g/mol. The van der Waals surface area contributed by atoms with Gasteiger partial charge in [0.2, 0.25) is 0 Å². The Balaban J connectivity index is 3.26. The lowest BCUT2D eigenvalue weighted by molar-refractivity contribution is 0.0597. The summed E-state index contributed by atoms with van der Waals surface area (Å²) in [5.41, 5.74) is 3.51. The van der Waals surface area contributed by atoms with E-state index >= 15 is 0 Å². The molecular formula is C14H18O3. The number of hydrogen-bond acceptors (Lipinski definition) is 3. The first-order valence-electron chi connectivity index (χ1n) is 5.59. The Morgan fingerprint density at radius 3 is 2.53 bits per heavy atom. The van der Waals surface area contributed by atoms with Crippen molar-refractivity contribution in [1.29, 1.82) is 0 Å². The number of benzene rings is 1. The summed E-state index contributed by atoms with van der Waals surface area (Å²) in [5, 5.41) is 9.60. The Morgan fingerprint density at radius 1 is 1.35 bits per heavy atom. The van der Waals surface area contributed by atoms with E-state index in [-0.39, 0.29) is 11.3 Å². The van der Waals surface area contributed by atoms with Crippen LogP contribution in [0, 0.1) is 0 Å². The highest BCUT2D eigenvalue weighted by molar-refractivity contribution is 5.93. The van der Waals surface area contributed by atoms with Crippen LogP contribution >= 0.6 is 0 Å². The molecule has 0 spiro atoms.